The number of hydrogen-bond acceptors (Lipinski definition) is 3. The summed E-state index contributed by atoms with van der Waals surface area (Å²) in [5.74, 6) is 5.33. The summed E-state index contributed by atoms with van der Waals surface area (Å²) in [6.45, 7) is 7.28. The fourth-order valence-corrected chi connectivity index (χ4v) is 2.58. The van der Waals surface area contributed by atoms with Gasteiger partial charge in [0.05, 0.1) is 6.10 Å². The minimum Gasteiger partial charge on any atom is -0.393 e. The van der Waals surface area contributed by atoms with Crippen LogP contribution in [0.15, 0.2) is 0 Å². The van der Waals surface area contributed by atoms with Gasteiger partial charge in [-0.3, -0.25) is 0 Å². The van der Waals surface area contributed by atoms with E-state index in [0.717, 1.165) is 0 Å². The van der Waals surface area contributed by atoms with Crippen molar-refractivity contribution >= 4 is 0 Å². The summed E-state index contributed by atoms with van der Waals surface area (Å²) in [5.41, 5.74) is -1.60. The van der Waals surface area contributed by atoms with Gasteiger partial charge in [0, 0.05) is 5.41 Å². The van der Waals surface area contributed by atoms with E-state index in [9.17, 15) is 15.3 Å². The van der Waals surface area contributed by atoms with E-state index in [1.807, 2.05) is 20.8 Å². The molecular weight excluding hydrogens is 204 g/mol. The second-order valence-corrected chi connectivity index (χ2v) is 5.59. The smallest absolute Gasteiger partial charge is 0.133 e. The third-order valence-corrected chi connectivity index (χ3v) is 3.59. The zero-order valence-electron chi connectivity index (χ0n) is 10.5. The van der Waals surface area contributed by atoms with Gasteiger partial charge in [-0.15, -0.1) is 0 Å². The van der Waals surface area contributed by atoms with Crippen LogP contribution in [0.3, 0.4) is 0 Å². The van der Waals surface area contributed by atoms with Crippen LogP contribution in [0.5, 0.6) is 0 Å². The third-order valence-electron chi connectivity index (χ3n) is 3.59. The summed E-state index contributed by atoms with van der Waals surface area (Å²) in [5, 5.41) is 29.5. The molecule has 1 fully saturated rings. The summed E-state index contributed by atoms with van der Waals surface area (Å²) in [7, 11) is 0. The second kappa shape index (κ2) is 4.37. The Balaban J connectivity index is 3.04. The molecule has 1 saturated carbocycles. The molecular formula is C13H22O3. The zero-order chi connectivity index (χ0) is 12.6. The Kier molecular flexibility index (Phi) is 3.69. The molecule has 3 heteroatoms. The van der Waals surface area contributed by atoms with Gasteiger partial charge in [0.25, 0.3) is 0 Å². The van der Waals surface area contributed by atoms with Gasteiger partial charge in [-0.25, -0.2) is 0 Å². The van der Waals surface area contributed by atoms with Crippen molar-refractivity contribution in [3.8, 4) is 11.8 Å². The topological polar surface area (TPSA) is 60.7 Å². The molecule has 0 bridgehead atoms. The first-order chi connectivity index (χ1) is 7.19. The highest BCUT2D eigenvalue weighted by Gasteiger charge is 2.51. The first-order valence-electron chi connectivity index (χ1n) is 5.80. The van der Waals surface area contributed by atoms with Crippen LogP contribution in [0.1, 0.15) is 40.5 Å². The number of aliphatic hydroxyl groups is 3. The Morgan fingerprint density at radius 3 is 2.38 bits per heavy atom. The molecule has 3 N–H and O–H groups in total. The van der Waals surface area contributed by atoms with Crippen LogP contribution in [-0.2, 0) is 0 Å². The monoisotopic (exact) mass is 226 g/mol. The van der Waals surface area contributed by atoms with E-state index in [1.165, 1.54) is 0 Å². The maximum Gasteiger partial charge on any atom is 0.133 e. The molecule has 2 unspecified atom stereocenters. The summed E-state index contributed by atoms with van der Waals surface area (Å²) >= 11 is 0. The minimum atomic E-state index is -1.14. The molecule has 0 aromatic heterocycles. The van der Waals surface area contributed by atoms with Gasteiger partial charge in [0.2, 0.25) is 0 Å². The van der Waals surface area contributed by atoms with Crippen molar-refractivity contribution in [3.05, 3.63) is 0 Å². The van der Waals surface area contributed by atoms with Crippen LogP contribution in [0.2, 0.25) is 0 Å². The summed E-state index contributed by atoms with van der Waals surface area (Å²) in [6, 6.07) is 0. The molecule has 0 radical (unpaired) electrons. The molecule has 3 nitrogen and oxygen atoms in total. The summed E-state index contributed by atoms with van der Waals surface area (Å²) in [4.78, 5) is 0. The van der Waals surface area contributed by atoms with E-state index in [2.05, 4.69) is 11.8 Å². The lowest BCUT2D eigenvalue weighted by Crippen LogP contribution is -2.54. The highest BCUT2D eigenvalue weighted by atomic mass is 16.3. The summed E-state index contributed by atoms with van der Waals surface area (Å²) < 4.78 is 0. The molecule has 0 amide bonds. The van der Waals surface area contributed by atoms with Crippen LogP contribution in [0.25, 0.3) is 0 Å². The molecule has 0 aromatic rings. The standard InChI is InChI=1S/C13H22O3/c1-9-7-11(15)8-12(3,4)13(9,16)6-5-10(2)14/h9-11,14-16H,7-8H2,1-4H3/t9-,10?,11-,13?/m1/s1. The van der Waals surface area contributed by atoms with Gasteiger partial charge >= 0.3 is 0 Å². The van der Waals surface area contributed by atoms with Crippen molar-refractivity contribution in [2.75, 3.05) is 0 Å². The molecule has 1 aliphatic rings. The lowest BCUT2D eigenvalue weighted by molar-refractivity contribution is -0.121. The van der Waals surface area contributed by atoms with E-state index in [1.54, 1.807) is 6.92 Å². The van der Waals surface area contributed by atoms with Gasteiger partial charge < -0.3 is 15.3 Å². The normalized spacial score (nSPS) is 39.7. The highest BCUT2D eigenvalue weighted by molar-refractivity contribution is 5.23. The van der Waals surface area contributed by atoms with Crippen molar-refractivity contribution in [1.29, 1.82) is 0 Å². The number of rotatable bonds is 0. The van der Waals surface area contributed by atoms with Gasteiger partial charge in [-0.05, 0) is 25.7 Å². The van der Waals surface area contributed by atoms with Gasteiger partial charge in [0.1, 0.15) is 11.7 Å². The first kappa shape index (κ1) is 13.5. The maximum atomic E-state index is 10.6. The van der Waals surface area contributed by atoms with Crippen molar-refractivity contribution in [1.82, 2.24) is 0 Å². The fourth-order valence-electron chi connectivity index (χ4n) is 2.58. The molecule has 0 aliphatic heterocycles. The second-order valence-electron chi connectivity index (χ2n) is 5.59. The van der Waals surface area contributed by atoms with Crippen molar-refractivity contribution in [2.24, 2.45) is 11.3 Å². The molecule has 16 heavy (non-hydrogen) atoms. The number of aliphatic hydroxyl groups excluding tert-OH is 2. The Bertz CT molecular complexity index is 311. The lowest BCUT2D eigenvalue weighted by Gasteiger charge is -2.48. The van der Waals surface area contributed by atoms with E-state index in [-0.39, 0.29) is 12.0 Å². The summed E-state index contributed by atoms with van der Waals surface area (Å²) in [6.07, 6.45) is -0.0333. The first-order valence-corrected chi connectivity index (χ1v) is 5.80. The van der Waals surface area contributed by atoms with Gasteiger partial charge in [-0.2, -0.15) is 0 Å². The average Bonchev–Trinajstić information content (AvgIpc) is 2.10. The Morgan fingerprint density at radius 1 is 1.38 bits per heavy atom. The van der Waals surface area contributed by atoms with Crippen LogP contribution in [0.4, 0.5) is 0 Å². The van der Waals surface area contributed by atoms with E-state index in [4.69, 9.17) is 0 Å². The molecule has 1 rings (SSSR count). The van der Waals surface area contributed by atoms with Crippen LogP contribution in [-0.4, -0.2) is 33.1 Å². The highest BCUT2D eigenvalue weighted by Crippen LogP contribution is 2.46. The molecule has 0 spiro atoms. The SMILES string of the molecule is CC(O)C#CC1(O)[C@H](C)C[C@@H](O)CC1(C)C. The Morgan fingerprint density at radius 2 is 1.94 bits per heavy atom. The molecule has 0 aromatic carbocycles. The molecule has 1 aliphatic carbocycles. The average molecular weight is 226 g/mol. The van der Waals surface area contributed by atoms with Gasteiger partial charge in [0.15, 0.2) is 0 Å². The maximum absolute atomic E-state index is 10.6. The van der Waals surface area contributed by atoms with Crippen molar-refractivity contribution < 1.29 is 15.3 Å². The van der Waals surface area contributed by atoms with Crippen molar-refractivity contribution in [3.63, 3.8) is 0 Å². The number of hydrogen-bond donors (Lipinski definition) is 3. The fraction of sp³-hybridized carbons (Fsp3) is 0.846. The predicted molar refractivity (Wildman–Crippen MR) is 62.6 cm³/mol. The Hall–Kier alpha value is -0.560. The van der Waals surface area contributed by atoms with Crippen molar-refractivity contribution in [2.45, 2.75) is 58.3 Å². The quantitative estimate of drug-likeness (QED) is 0.538. The predicted octanol–water partition coefficient (Wildman–Crippen LogP) is 0.919. The largest absolute Gasteiger partial charge is 0.393 e. The van der Waals surface area contributed by atoms with Crippen LogP contribution >= 0.6 is 0 Å². The molecule has 92 valence electrons. The van der Waals surface area contributed by atoms with E-state index < -0.39 is 17.1 Å². The molecule has 0 heterocycles. The zero-order valence-corrected chi connectivity index (χ0v) is 10.5. The van der Waals surface area contributed by atoms with E-state index in [0.29, 0.717) is 12.8 Å². The minimum absolute atomic E-state index is 0.0995. The van der Waals surface area contributed by atoms with Gasteiger partial charge in [-0.1, -0.05) is 32.6 Å². The third kappa shape index (κ3) is 2.40. The lowest BCUT2D eigenvalue weighted by atomic mass is 9.60. The molecule has 4 atom stereocenters. The molecule has 0 saturated heterocycles. The van der Waals surface area contributed by atoms with E-state index >= 15 is 0 Å². The Labute approximate surface area is 97.5 Å². The van der Waals surface area contributed by atoms with Crippen LogP contribution < -0.4 is 0 Å². The van der Waals surface area contributed by atoms with Crippen LogP contribution in [0, 0.1) is 23.2 Å².